The first kappa shape index (κ1) is 14.7. The second-order valence-electron chi connectivity index (χ2n) is 4.54. The van der Waals surface area contributed by atoms with E-state index in [1.54, 1.807) is 22.9 Å². The second kappa shape index (κ2) is 6.17. The third-order valence-electron chi connectivity index (χ3n) is 3.04. The fourth-order valence-electron chi connectivity index (χ4n) is 1.95. The van der Waals surface area contributed by atoms with Crippen LogP contribution in [0, 0.1) is 6.92 Å². The van der Waals surface area contributed by atoms with Crippen LogP contribution in [0.5, 0.6) is 11.5 Å². The zero-order valence-corrected chi connectivity index (χ0v) is 12.2. The minimum atomic E-state index is 0.0158. The van der Waals surface area contributed by atoms with Crippen LogP contribution in [0.25, 0.3) is 0 Å². The maximum atomic E-state index is 8.69. The molecule has 21 heavy (non-hydrogen) atoms. The van der Waals surface area contributed by atoms with Crippen LogP contribution in [0.15, 0.2) is 29.4 Å². The number of oxime groups is 1. The molecule has 0 aliphatic heterocycles. The number of nitrogens with two attached hydrogens (primary N) is 1. The Labute approximate surface area is 122 Å². The van der Waals surface area contributed by atoms with Crippen molar-refractivity contribution in [3.05, 3.63) is 41.2 Å². The number of amidine groups is 1. The van der Waals surface area contributed by atoms with Gasteiger partial charge in [0.05, 0.1) is 18.5 Å². The molecule has 0 saturated heterocycles. The summed E-state index contributed by atoms with van der Waals surface area (Å²) in [5.74, 6) is 1.10. The van der Waals surface area contributed by atoms with E-state index in [2.05, 4.69) is 10.3 Å². The molecule has 112 valence electrons. The molecule has 3 N–H and O–H groups in total. The van der Waals surface area contributed by atoms with Gasteiger partial charge in [0.2, 0.25) is 0 Å². The highest BCUT2D eigenvalue weighted by Crippen LogP contribution is 2.28. The Balaban J connectivity index is 2.18. The molecule has 0 atom stereocenters. The third kappa shape index (κ3) is 3.25. The molecule has 7 heteroatoms. The van der Waals surface area contributed by atoms with Gasteiger partial charge in [-0.2, -0.15) is 5.10 Å². The van der Waals surface area contributed by atoms with Crippen molar-refractivity contribution in [3.63, 3.8) is 0 Å². The van der Waals surface area contributed by atoms with Crippen molar-refractivity contribution in [2.45, 2.75) is 13.5 Å². The molecule has 0 bridgehead atoms. The van der Waals surface area contributed by atoms with Gasteiger partial charge in [-0.3, -0.25) is 4.68 Å². The maximum Gasteiger partial charge on any atom is 0.170 e. The van der Waals surface area contributed by atoms with Gasteiger partial charge in [-0.05, 0) is 31.2 Å². The third-order valence-corrected chi connectivity index (χ3v) is 3.04. The molecule has 0 spiro atoms. The number of benzene rings is 1. The van der Waals surface area contributed by atoms with E-state index in [1.807, 2.05) is 20.0 Å². The van der Waals surface area contributed by atoms with Gasteiger partial charge in [0, 0.05) is 12.6 Å². The van der Waals surface area contributed by atoms with Crippen LogP contribution in [0.1, 0.15) is 17.0 Å². The summed E-state index contributed by atoms with van der Waals surface area (Å²) < 4.78 is 12.8. The first-order valence-electron chi connectivity index (χ1n) is 6.33. The van der Waals surface area contributed by atoms with Crippen LogP contribution in [-0.4, -0.2) is 27.9 Å². The minimum Gasteiger partial charge on any atom is -0.493 e. The summed E-state index contributed by atoms with van der Waals surface area (Å²) >= 11 is 0. The van der Waals surface area contributed by atoms with Gasteiger partial charge in [-0.25, -0.2) is 0 Å². The van der Waals surface area contributed by atoms with E-state index in [0.717, 1.165) is 11.4 Å². The Morgan fingerprint density at radius 1 is 1.38 bits per heavy atom. The highest BCUT2D eigenvalue weighted by molar-refractivity contribution is 5.97. The lowest BCUT2D eigenvalue weighted by Gasteiger charge is -2.12. The fourth-order valence-corrected chi connectivity index (χ4v) is 1.95. The number of aryl methyl sites for hydroxylation is 2. The SMILES string of the molecule is COc1cc(C(N)=NO)ccc1OCc1cc(C)nn1C. The molecule has 2 aromatic rings. The molecule has 0 aliphatic carbocycles. The van der Waals surface area contributed by atoms with Crippen molar-refractivity contribution in [2.24, 2.45) is 17.9 Å². The molecule has 1 aromatic carbocycles. The van der Waals surface area contributed by atoms with E-state index in [-0.39, 0.29) is 5.84 Å². The molecule has 0 amide bonds. The Hall–Kier alpha value is -2.70. The van der Waals surface area contributed by atoms with Crippen molar-refractivity contribution in [1.29, 1.82) is 0 Å². The summed E-state index contributed by atoms with van der Waals surface area (Å²) in [6, 6.07) is 7.02. The molecule has 2 rings (SSSR count). The van der Waals surface area contributed by atoms with Crippen molar-refractivity contribution >= 4 is 5.84 Å². The highest BCUT2D eigenvalue weighted by atomic mass is 16.5. The Kier molecular flexibility index (Phi) is 4.32. The molecular weight excluding hydrogens is 272 g/mol. The zero-order chi connectivity index (χ0) is 15.4. The largest absolute Gasteiger partial charge is 0.493 e. The van der Waals surface area contributed by atoms with E-state index >= 15 is 0 Å². The van der Waals surface area contributed by atoms with E-state index in [9.17, 15) is 0 Å². The number of methoxy groups -OCH3 is 1. The summed E-state index contributed by atoms with van der Waals surface area (Å²) in [6.07, 6.45) is 0. The predicted octanol–water partition coefficient (Wildman–Crippen LogP) is 1.41. The Bertz CT molecular complexity index is 664. The molecule has 7 nitrogen and oxygen atoms in total. The number of rotatable bonds is 5. The summed E-state index contributed by atoms with van der Waals surface area (Å²) in [6.45, 7) is 2.30. The number of ether oxygens (including phenoxy) is 2. The maximum absolute atomic E-state index is 8.69. The Morgan fingerprint density at radius 3 is 2.71 bits per heavy atom. The second-order valence-corrected chi connectivity index (χ2v) is 4.54. The predicted molar refractivity (Wildman–Crippen MR) is 77.8 cm³/mol. The van der Waals surface area contributed by atoms with Gasteiger partial charge >= 0.3 is 0 Å². The molecule has 1 heterocycles. The molecular formula is C14H18N4O3. The average Bonchev–Trinajstić information content (AvgIpc) is 2.82. The molecule has 0 radical (unpaired) electrons. The van der Waals surface area contributed by atoms with Gasteiger partial charge in [-0.1, -0.05) is 5.16 Å². The molecule has 1 aromatic heterocycles. The van der Waals surface area contributed by atoms with E-state index in [4.69, 9.17) is 20.4 Å². The standard InChI is InChI=1S/C14H18N4O3/c1-9-6-11(18(2)16-9)8-21-12-5-4-10(14(15)17-19)7-13(12)20-3/h4-7,19H,8H2,1-3H3,(H2,15,17). The van der Waals surface area contributed by atoms with Crippen molar-refractivity contribution in [3.8, 4) is 11.5 Å². The van der Waals surface area contributed by atoms with Crippen LogP contribution in [0.4, 0.5) is 0 Å². The van der Waals surface area contributed by atoms with Crippen LogP contribution in [0.3, 0.4) is 0 Å². The van der Waals surface area contributed by atoms with Crippen molar-refractivity contribution < 1.29 is 14.7 Å². The monoisotopic (exact) mass is 290 g/mol. The summed E-state index contributed by atoms with van der Waals surface area (Å²) in [5, 5.41) is 15.9. The molecule has 0 aliphatic rings. The van der Waals surface area contributed by atoms with Gasteiger partial charge in [0.15, 0.2) is 17.3 Å². The van der Waals surface area contributed by atoms with Gasteiger partial charge < -0.3 is 20.4 Å². The average molecular weight is 290 g/mol. The summed E-state index contributed by atoms with van der Waals surface area (Å²) in [5.41, 5.74) is 7.99. The van der Waals surface area contributed by atoms with E-state index in [0.29, 0.717) is 23.7 Å². The van der Waals surface area contributed by atoms with E-state index in [1.165, 1.54) is 7.11 Å². The molecule has 0 saturated carbocycles. The smallest absolute Gasteiger partial charge is 0.170 e. The number of nitrogens with zero attached hydrogens (tertiary/aromatic N) is 3. The normalized spacial score (nSPS) is 11.5. The summed E-state index contributed by atoms with van der Waals surface area (Å²) in [4.78, 5) is 0. The Morgan fingerprint density at radius 2 is 2.14 bits per heavy atom. The minimum absolute atomic E-state index is 0.0158. The fraction of sp³-hybridized carbons (Fsp3) is 0.286. The molecule has 0 fully saturated rings. The van der Waals surface area contributed by atoms with E-state index < -0.39 is 0 Å². The van der Waals surface area contributed by atoms with Crippen LogP contribution >= 0.6 is 0 Å². The lowest BCUT2D eigenvalue weighted by atomic mass is 10.2. The number of aromatic nitrogens is 2. The topological polar surface area (TPSA) is 94.9 Å². The number of hydrogen-bond acceptors (Lipinski definition) is 5. The van der Waals surface area contributed by atoms with Crippen LogP contribution in [0.2, 0.25) is 0 Å². The lowest BCUT2D eigenvalue weighted by molar-refractivity contribution is 0.275. The van der Waals surface area contributed by atoms with Gasteiger partial charge in [-0.15, -0.1) is 0 Å². The van der Waals surface area contributed by atoms with Gasteiger partial charge in [0.25, 0.3) is 0 Å². The zero-order valence-electron chi connectivity index (χ0n) is 12.2. The first-order chi connectivity index (χ1) is 10.0. The highest BCUT2D eigenvalue weighted by Gasteiger charge is 2.10. The summed E-state index contributed by atoms with van der Waals surface area (Å²) in [7, 11) is 3.40. The van der Waals surface area contributed by atoms with Crippen molar-refractivity contribution in [2.75, 3.05) is 7.11 Å². The van der Waals surface area contributed by atoms with Gasteiger partial charge in [0.1, 0.15) is 6.61 Å². The number of hydrogen-bond donors (Lipinski definition) is 2. The first-order valence-corrected chi connectivity index (χ1v) is 6.33. The van der Waals surface area contributed by atoms with Crippen molar-refractivity contribution in [1.82, 2.24) is 9.78 Å². The lowest BCUT2D eigenvalue weighted by Crippen LogP contribution is -2.13. The quantitative estimate of drug-likeness (QED) is 0.376. The van der Waals surface area contributed by atoms with Crippen LogP contribution in [-0.2, 0) is 13.7 Å². The van der Waals surface area contributed by atoms with Crippen LogP contribution < -0.4 is 15.2 Å². The molecule has 0 unspecified atom stereocenters.